The molecule has 2 heteroatoms. The SMILES string of the molecule is CNC(c1ccc(Br)cc1)c1ccc2c(c1)CCC2. The fraction of sp³-hybridized carbons (Fsp3) is 0.294. The van der Waals surface area contributed by atoms with E-state index >= 15 is 0 Å². The Labute approximate surface area is 123 Å². The van der Waals surface area contributed by atoms with E-state index < -0.39 is 0 Å². The molecule has 0 heterocycles. The third-order valence-electron chi connectivity index (χ3n) is 3.95. The van der Waals surface area contributed by atoms with Crippen LogP contribution in [0.15, 0.2) is 46.9 Å². The van der Waals surface area contributed by atoms with E-state index in [1.165, 1.54) is 41.5 Å². The molecule has 1 nitrogen and oxygen atoms in total. The largest absolute Gasteiger partial charge is 0.309 e. The molecule has 1 atom stereocenters. The molecule has 0 saturated heterocycles. The van der Waals surface area contributed by atoms with E-state index in [4.69, 9.17) is 0 Å². The van der Waals surface area contributed by atoms with Crippen molar-refractivity contribution in [3.63, 3.8) is 0 Å². The normalized spacial score (nSPS) is 15.3. The quantitative estimate of drug-likeness (QED) is 0.893. The van der Waals surface area contributed by atoms with Crippen molar-refractivity contribution in [2.24, 2.45) is 0 Å². The number of rotatable bonds is 3. The predicted molar refractivity (Wildman–Crippen MR) is 83.5 cm³/mol. The first-order valence-electron chi connectivity index (χ1n) is 6.82. The molecule has 19 heavy (non-hydrogen) atoms. The molecule has 0 aromatic heterocycles. The maximum absolute atomic E-state index is 3.49. The van der Waals surface area contributed by atoms with Gasteiger partial charge in [-0.15, -0.1) is 0 Å². The molecule has 0 saturated carbocycles. The van der Waals surface area contributed by atoms with Gasteiger partial charge in [0.05, 0.1) is 6.04 Å². The minimum Gasteiger partial charge on any atom is -0.309 e. The number of hydrogen-bond donors (Lipinski definition) is 1. The molecule has 0 amide bonds. The van der Waals surface area contributed by atoms with E-state index in [1.807, 2.05) is 7.05 Å². The van der Waals surface area contributed by atoms with Crippen LogP contribution in [0.2, 0.25) is 0 Å². The van der Waals surface area contributed by atoms with Gasteiger partial charge in [-0.25, -0.2) is 0 Å². The van der Waals surface area contributed by atoms with Gasteiger partial charge in [-0.3, -0.25) is 0 Å². The van der Waals surface area contributed by atoms with Gasteiger partial charge in [0, 0.05) is 4.47 Å². The second-order valence-corrected chi connectivity index (χ2v) is 6.07. The van der Waals surface area contributed by atoms with Crippen molar-refractivity contribution in [2.75, 3.05) is 7.05 Å². The number of nitrogens with one attached hydrogen (secondary N) is 1. The van der Waals surface area contributed by atoms with Crippen LogP contribution in [0.5, 0.6) is 0 Å². The summed E-state index contributed by atoms with van der Waals surface area (Å²) in [5, 5.41) is 3.43. The summed E-state index contributed by atoms with van der Waals surface area (Å²) in [6.45, 7) is 0. The zero-order valence-electron chi connectivity index (χ0n) is 11.1. The Balaban J connectivity index is 1.96. The lowest BCUT2D eigenvalue weighted by Crippen LogP contribution is -2.17. The highest BCUT2D eigenvalue weighted by Gasteiger charge is 2.16. The summed E-state index contributed by atoms with van der Waals surface area (Å²) in [6.07, 6.45) is 3.79. The van der Waals surface area contributed by atoms with Crippen LogP contribution in [0, 0.1) is 0 Å². The van der Waals surface area contributed by atoms with Gasteiger partial charge in [0.25, 0.3) is 0 Å². The minimum absolute atomic E-state index is 0.277. The van der Waals surface area contributed by atoms with Gasteiger partial charge in [0.1, 0.15) is 0 Å². The average molecular weight is 316 g/mol. The maximum atomic E-state index is 3.49. The van der Waals surface area contributed by atoms with Gasteiger partial charge >= 0.3 is 0 Å². The summed E-state index contributed by atoms with van der Waals surface area (Å²) in [7, 11) is 2.03. The summed E-state index contributed by atoms with van der Waals surface area (Å²) < 4.78 is 1.13. The summed E-state index contributed by atoms with van der Waals surface area (Å²) in [6, 6.07) is 15.8. The van der Waals surface area contributed by atoms with Crippen LogP contribution in [0.25, 0.3) is 0 Å². The fourth-order valence-corrected chi connectivity index (χ4v) is 3.22. The van der Waals surface area contributed by atoms with Crippen molar-refractivity contribution >= 4 is 15.9 Å². The summed E-state index contributed by atoms with van der Waals surface area (Å²) >= 11 is 3.49. The summed E-state index contributed by atoms with van der Waals surface area (Å²) in [5.41, 5.74) is 5.75. The van der Waals surface area contributed by atoms with Crippen molar-refractivity contribution < 1.29 is 0 Å². The molecule has 1 N–H and O–H groups in total. The van der Waals surface area contributed by atoms with Crippen LogP contribution in [-0.4, -0.2) is 7.05 Å². The van der Waals surface area contributed by atoms with Crippen molar-refractivity contribution in [1.29, 1.82) is 0 Å². The Morgan fingerprint density at radius 3 is 2.37 bits per heavy atom. The zero-order valence-corrected chi connectivity index (χ0v) is 12.7. The molecular formula is C17H18BrN. The van der Waals surface area contributed by atoms with Crippen molar-refractivity contribution in [3.05, 3.63) is 69.2 Å². The second-order valence-electron chi connectivity index (χ2n) is 5.15. The number of halogens is 1. The molecule has 1 aliphatic carbocycles. The smallest absolute Gasteiger partial charge is 0.0574 e. The topological polar surface area (TPSA) is 12.0 Å². The van der Waals surface area contributed by atoms with Crippen LogP contribution < -0.4 is 5.32 Å². The Morgan fingerprint density at radius 1 is 0.947 bits per heavy atom. The number of hydrogen-bond acceptors (Lipinski definition) is 1. The van der Waals surface area contributed by atoms with Crippen LogP contribution in [0.4, 0.5) is 0 Å². The molecule has 0 radical (unpaired) electrons. The van der Waals surface area contributed by atoms with Gasteiger partial charge in [-0.2, -0.15) is 0 Å². The molecule has 98 valence electrons. The molecule has 0 fully saturated rings. The third kappa shape index (κ3) is 2.60. The van der Waals surface area contributed by atoms with Gasteiger partial charge < -0.3 is 5.32 Å². The molecular weight excluding hydrogens is 298 g/mol. The van der Waals surface area contributed by atoms with Crippen molar-refractivity contribution in [2.45, 2.75) is 25.3 Å². The van der Waals surface area contributed by atoms with Crippen LogP contribution in [-0.2, 0) is 12.8 Å². The number of benzene rings is 2. The third-order valence-corrected chi connectivity index (χ3v) is 4.48. The molecule has 2 aromatic rings. The first-order chi connectivity index (χ1) is 9.28. The molecule has 0 spiro atoms. The van der Waals surface area contributed by atoms with Crippen molar-refractivity contribution in [3.8, 4) is 0 Å². The van der Waals surface area contributed by atoms with E-state index in [0.29, 0.717) is 0 Å². The van der Waals surface area contributed by atoms with Crippen molar-refractivity contribution in [1.82, 2.24) is 5.32 Å². The first-order valence-corrected chi connectivity index (χ1v) is 7.61. The Morgan fingerprint density at radius 2 is 1.63 bits per heavy atom. The fourth-order valence-electron chi connectivity index (χ4n) is 2.95. The van der Waals surface area contributed by atoms with E-state index in [0.717, 1.165) is 4.47 Å². The standard InChI is InChI=1S/C17H18BrN/c1-19-17(13-7-9-16(18)10-8-13)15-6-5-12-3-2-4-14(12)11-15/h5-11,17,19H,2-4H2,1H3. The lowest BCUT2D eigenvalue weighted by molar-refractivity contribution is 0.691. The Bertz CT molecular complexity index is 574. The highest BCUT2D eigenvalue weighted by atomic mass is 79.9. The lowest BCUT2D eigenvalue weighted by Gasteiger charge is -2.18. The predicted octanol–water partition coefficient (Wildman–Crippen LogP) is 4.25. The van der Waals surface area contributed by atoms with Gasteiger partial charge in [-0.05, 0) is 60.7 Å². The second kappa shape index (κ2) is 5.48. The summed E-state index contributed by atoms with van der Waals surface area (Å²) in [5.74, 6) is 0. The van der Waals surface area contributed by atoms with Gasteiger partial charge in [0.15, 0.2) is 0 Å². The molecule has 0 aliphatic heterocycles. The molecule has 1 aliphatic rings. The maximum Gasteiger partial charge on any atom is 0.0574 e. The minimum atomic E-state index is 0.277. The highest BCUT2D eigenvalue weighted by Crippen LogP contribution is 2.28. The highest BCUT2D eigenvalue weighted by molar-refractivity contribution is 9.10. The van der Waals surface area contributed by atoms with Crippen LogP contribution in [0.3, 0.4) is 0 Å². The Kier molecular flexibility index (Phi) is 3.72. The lowest BCUT2D eigenvalue weighted by atomic mass is 9.96. The Hall–Kier alpha value is -1.12. The van der Waals surface area contributed by atoms with Gasteiger partial charge in [0.2, 0.25) is 0 Å². The average Bonchev–Trinajstić information content (AvgIpc) is 2.89. The van der Waals surface area contributed by atoms with E-state index in [1.54, 1.807) is 0 Å². The molecule has 2 aromatic carbocycles. The van der Waals surface area contributed by atoms with E-state index in [-0.39, 0.29) is 6.04 Å². The zero-order chi connectivity index (χ0) is 13.2. The number of aryl methyl sites for hydroxylation is 2. The molecule has 3 rings (SSSR count). The van der Waals surface area contributed by atoms with Gasteiger partial charge in [-0.1, -0.05) is 46.3 Å². The van der Waals surface area contributed by atoms with E-state index in [9.17, 15) is 0 Å². The molecule has 0 bridgehead atoms. The molecule has 1 unspecified atom stereocenters. The monoisotopic (exact) mass is 315 g/mol. The first kappa shape index (κ1) is 12.9. The summed E-state index contributed by atoms with van der Waals surface area (Å²) in [4.78, 5) is 0. The van der Waals surface area contributed by atoms with Crippen LogP contribution in [0.1, 0.15) is 34.7 Å². The van der Waals surface area contributed by atoms with E-state index in [2.05, 4.69) is 63.7 Å². The number of fused-ring (bicyclic) bond motifs is 1. The van der Waals surface area contributed by atoms with Crippen LogP contribution >= 0.6 is 15.9 Å².